The van der Waals surface area contributed by atoms with Gasteiger partial charge in [0.2, 0.25) is 5.95 Å². The lowest BCUT2D eigenvalue weighted by Gasteiger charge is -2.43. The number of nitrogens with zero attached hydrogens (tertiary/aromatic N) is 6. The number of halogens is 3. The van der Waals surface area contributed by atoms with Crippen LogP contribution in [-0.2, 0) is 0 Å². The van der Waals surface area contributed by atoms with Crippen molar-refractivity contribution >= 4 is 67.9 Å². The molecule has 3 aliphatic heterocycles. The molecular weight excluding hydrogens is 630 g/mol. The summed E-state index contributed by atoms with van der Waals surface area (Å²) in [4.78, 5) is 16.5. The first-order valence-electron chi connectivity index (χ1n) is 13.3. The minimum absolute atomic E-state index is 0.0616. The molecule has 3 aliphatic rings. The van der Waals surface area contributed by atoms with E-state index in [4.69, 9.17) is 21.6 Å². The van der Waals surface area contributed by atoms with Crippen molar-refractivity contribution in [2.75, 3.05) is 63.2 Å². The molecule has 7 rings (SSSR count). The first-order chi connectivity index (χ1) is 18.8. The van der Waals surface area contributed by atoms with Crippen LogP contribution < -0.4 is 9.80 Å². The number of hydrogen-bond acceptors (Lipinski definition) is 7. The van der Waals surface area contributed by atoms with Crippen molar-refractivity contribution in [2.45, 2.75) is 6.04 Å². The van der Waals surface area contributed by atoms with Crippen LogP contribution in [0.1, 0.15) is 0 Å². The molecule has 0 bridgehead atoms. The molecule has 0 amide bonds. The van der Waals surface area contributed by atoms with Crippen LogP contribution in [0, 0.1) is 17.7 Å². The highest BCUT2D eigenvalue weighted by Gasteiger charge is 2.41. The van der Waals surface area contributed by atoms with Crippen molar-refractivity contribution in [3.63, 3.8) is 0 Å². The third-order valence-corrected chi connectivity index (χ3v) is 9.67. The summed E-state index contributed by atoms with van der Waals surface area (Å²) in [7, 11) is 4.14. The minimum atomic E-state index is -0.485. The van der Waals surface area contributed by atoms with Crippen LogP contribution in [0.2, 0.25) is 5.02 Å². The predicted molar refractivity (Wildman–Crippen MR) is 164 cm³/mol. The molecule has 4 aromatic rings. The molecule has 7 nitrogen and oxygen atoms in total. The zero-order chi connectivity index (χ0) is 27.0. The first-order valence-corrected chi connectivity index (χ1v) is 14.6. The Balaban J connectivity index is 1.40. The SMILES string of the molecule is CN(C)C1CN(c2nc(N3C[C@@H]4CN(I)C[C@H]4C3)c3cc(Cl)c(-c4cc(O)cc5ccccc45)c(F)c3n2)C1. The van der Waals surface area contributed by atoms with E-state index in [9.17, 15) is 5.11 Å². The fourth-order valence-corrected chi connectivity index (χ4v) is 7.66. The van der Waals surface area contributed by atoms with Gasteiger partial charge in [0.15, 0.2) is 5.82 Å². The molecule has 2 atom stereocenters. The number of aromatic hydroxyl groups is 1. The van der Waals surface area contributed by atoms with Gasteiger partial charge >= 0.3 is 0 Å². The van der Waals surface area contributed by atoms with Gasteiger partial charge < -0.3 is 19.8 Å². The van der Waals surface area contributed by atoms with Crippen LogP contribution in [0.25, 0.3) is 32.8 Å². The van der Waals surface area contributed by atoms with E-state index in [-0.39, 0.29) is 21.9 Å². The number of benzene rings is 3. The lowest BCUT2D eigenvalue weighted by molar-refractivity contribution is 0.245. The Hall–Kier alpha value is -2.47. The zero-order valence-corrected chi connectivity index (χ0v) is 24.7. The minimum Gasteiger partial charge on any atom is -0.508 e. The fourth-order valence-electron chi connectivity index (χ4n) is 6.35. The highest BCUT2D eigenvalue weighted by molar-refractivity contribution is 14.1. The Labute approximate surface area is 245 Å². The van der Waals surface area contributed by atoms with Gasteiger partial charge in [0, 0.05) is 79.1 Å². The molecule has 1 N–H and O–H groups in total. The third kappa shape index (κ3) is 4.29. The summed E-state index contributed by atoms with van der Waals surface area (Å²) in [5.41, 5.74) is 1.06. The van der Waals surface area contributed by atoms with Crippen molar-refractivity contribution in [2.24, 2.45) is 11.8 Å². The van der Waals surface area contributed by atoms with Crippen molar-refractivity contribution in [1.29, 1.82) is 0 Å². The van der Waals surface area contributed by atoms with Crippen molar-refractivity contribution in [3.05, 3.63) is 53.3 Å². The zero-order valence-electron chi connectivity index (χ0n) is 21.8. The molecule has 10 heteroatoms. The molecule has 3 aromatic carbocycles. The second-order valence-electron chi connectivity index (χ2n) is 11.3. The van der Waals surface area contributed by atoms with Gasteiger partial charge in [0.1, 0.15) is 17.1 Å². The number of aromatic nitrogens is 2. The van der Waals surface area contributed by atoms with Gasteiger partial charge in [-0.05, 0) is 60.5 Å². The monoisotopic (exact) mass is 658 g/mol. The van der Waals surface area contributed by atoms with Crippen molar-refractivity contribution in [1.82, 2.24) is 18.0 Å². The summed E-state index contributed by atoms with van der Waals surface area (Å²) < 4.78 is 19.0. The van der Waals surface area contributed by atoms with E-state index in [0.29, 0.717) is 34.8 Å². The summed E-state index contributed by atoms with van der Waals surface area (Å²) in [5.74, 6) is 2.01. The summed E-state index contributed by atoms with van der Waals surface area (Å²) in [6.07, 6.45) is 0. The molecule has 39 heavy (non-hydrogen) atoms. The van der Waals surface area contributed by atoms with Crippen LogP contribution in [0.15, 0.2) is 42.5 Å². The highest BCUT2D eigenvalue weighted by atomic mass is 127. The number of fused-ring (bicyclic) bond motifs is 3. The van der Waals surface area contributed by atoms with Crippen LogP contribution in [0.4, 0.5) is 16.2 Å². The maximum atomic E-state index is 16.7. The van der Waals surface area contributed by atoms with Gasteiger partial charge in [0.25, 0.3) is 0 Å². The number of phenols is 1. The quantitative estimate of drug-likeness (QED) is 0.232. The number of phenolic OH excluding ortho intramolecular Hbond substituents is 1. The van der Waals surface area contributed by atoms with E-state index in [0.717, 1.165) is 55.9 Å². The average molecular weight is 659 g/mol. The van der Waals surface area contributed by atoms with E-state index in [1.165, 1.54) is 0 Å². The Morgan fingerprint density at radius 2 is 1.67 bits per heavy atom. The first kappa shape index (κ1) is 25.5. The topological polar surface area (TPSA) is 59.0 Å². The summed E-state index contributed by atoms with van der Waals surface area (Å²) in [6.45, 7) is 5.47. The molecule has 3 fully saturated rings. The molecule has 0 radical (unpaired) electrons. The van der Waals surface area contributed by atoms with E-state index in [1.807, 2.05) is 30.3 Å². The van der Waals surface area contributed by atoms with Gasteiger partial charge in [-0.1, -0.05) is 35.9 Å². The summed E-state index contributed by atoms with van der Waals surface area (Å²) in [6, 6.07) is 13.1. The number of hydrogen-bond donors (Lipinski definition) is 1. The Morgan fingerprint density at radius 1 is 0.949 bits per heavy atom. The standard InChI is InChI=1S/C29H29ClFIN6O/c1-35(2)19-14-37(15-19)29-33-27-23(28(34-29)36-10-17-12-38(32)13-18(17)11-36)9-24(30)25(26(27)31)22-8-20(39)7-16-5-3-4-6-21(16)22/h3-9,17-19,39H,10-15H2,1-2H3/t17-,18-/m1/s1. The largest absolute Gasteiger partial charge is 0.508 e. The van der Waals surface area contributed by atoms with Crippen molar-refractivity contribution < 1.29 is 9.50 Å². The smallest absolute Gasteiger partial charge is 0.228 e. The third-order valence-electron chi connectivity index (χ3n) is 8.58. The molecule has 3 saturated heterocycles. The van der Waals surface area contributed by atoms with E-state index < -0.39 is 5.82 Å². The maximum absolute atomic E-state index is 16.7. The molecule has 0 spiro atoms. The molecule has 0 aliphatic carbocycles. The van der Waals surface area contributed by atoms with Crippen LogP contribution >= 0.6 is 34.5 Å². The molecule has 1 aromatic heterocycles. The molecule has 0 saturated carbocycles. The molecule has 0 unspecified atom stereocenters. The summed E-state index contributed by atoms with van der Waals surface area (Å²) >= 11 is 9.27. The van der Waals surface area contributed by atoms with Crippen molar-refractivity contribution in [3.8, 4) is 16.9 Å². The van der Waals surface area contributed by atoms with Crippen LogP contribution in [-0.4, -0.2) is 82.5 Å². The van der Waals surface area contributed by atoms with Gasteiger partial charge in [-0.15, -0.1) is 0 Å². The van der Waals surface area contributed by atoms with Gasteiger partial charge in [-0.2, -0.15) is 4.98 Å². The van der Waals surface area contributed by atoms with Crippen LogP contribution in [0.5, 0.6) is 5.75 Å². The second kappa shape index (κ2) is 9.57. The molecular formula is C29H29ClFIN6O. The molecule has 4 heterocycles. The number of rotatable bonds is 4. The Kier molecular flexibility index (Phi) is 6.26. The van der Waals surface area contributed by atoms with E-state index in [2.05, 4.69) is 54.8 Å². The average Bonchev–Trinajstić information content (AvgIpc) is 3.40. The van der Waals surface area contributed by atoms with Crippen LogP contribution in [0.3, 0.4) is 0 Å². The lowest BCUT2D eigenvalue weighted by Crippen LogP contribution is -2.58. The predicted octanol–water partition coefficient (Wildman–Crippen LogP) is 5.42. The maximum Gasteiger partial charge on any atom is 0.228 e. The lowest BCUT2D eigenvalue weighted by atomic mass is 9.96. The normalized spacial score (nSPS) is 21.9. The Bertz CT molecular complexity index is 1600. The molecule has 202 valence electrons. The fraction of sp³-hybridized carbons (Fsp3) is 0.379. The highest BCUT2D eigenvalue weighted by Crippen LogP contribution is 2.44. The second-order valence-corrected chi connectivity index (χ2v) is 13.1. The summed E-state index contributed by atoms with van der Waals surface area (Å²) in [5, 5.41) is 13.0. The van der Waals surface area contributed by atoms with Gasteiger partial charge in [0.05, 0.1) is 5.02 Å². The van der Waals surface area contributed by atoms with Gasteiger partial charge in [-0.3, -0.25) is 0 Å². The number of anilines is 2. The van der Waals surface area contributed by atoms with Gasteiger partial charge in [-0.25, -0.2) is 12.5 Å². The number of likely N-dealkylation sites (N-methyl/N-ethyl adjacent to an activating group) is 1. The van der Waals surface area contributed by atoms with E-state index in [1.54, 1.807) is 12.1 Å². The van der Waals surface area contributed by atoms with E-state index >= 15 is 4.39 Å². The Morgan fingerprint density at radius 3 is 2.38 bits per heavy atom.